The van der Waals surface area contributed by atoms with Gasteiger partial charge in [-0.3, -0.25) is 0 Å². The number of nitrogens with zero attached hydrogens (tertiary/aromatic N) is 2. The molecular formula is C30H31FN2O2S. The molecule has 1 aromatic heterocycles. The molecule has 6 heteroatoms. The van der Waals surface area contributed by atoms with E-state index in [4.69, 9.17) is 0 Å². The van der Waals surface area contributed by atoms with Crippen LogP contribution in [-0.4, -0.2) is 30.4 Å². The van der Waals surface area contributed by atoms with Crippen molar-refractivity contribution in [2.24, 2.45) is 0 Å². The monoisotopic (exact) mass is 502 g/mol. The van der Waals surface area contributed by atoms with E-state index in [0.29, 0.717) is 36.9 Å². The van der Waals surface area contributed by atoms with Gasteiger partial charge >= 0.3 is 0 Å². The highest BCUT2D eigenvalue weighted by atomic mass is 32.2. The molecule has 0 unspecified atom stereocenters. The average Bonchev–Trinajstić information content (AvgIpc) is 3.16. The maximum Gasteiger partial charge on any atom is 0.243 e. The summed E-state index contributed by atoms with van der Waals surface area (Å²) in [4.78, 5) is 0.343. The number of rotatable bonds is 6. The number of hydrogen-bond acceptors (Lipinski definition) is 2. The zero-order valence-corrected chi connectivity index (χ0v) is 21.7. The number of sulfonamides is 1. The molecule has 0 amide bonds. The molecular weight excluding hydrogens is 471 g/mol. The molecule has 0 radical (unpaired) electrons. The Kier molecular flexibility index (Phi) is 6.58. The fraction of sp³-hybridized carbons (Fsp3) is 0.267. The maximum atomic E-state index is 13.4. The van der Waals surface area contributed by atoms with Crippen molar-refractivity contribution >= 4 is 26.5 Å². The minimum atomic E-state index is -3.55. The average molecular weight is 503 g/mol. The van der Waals surface area contributed by atoms with E-state index < -0.39 is 10.0 Å². The SMILES string of the molecule is Cc1c(C2=CCN(S(=O)(=O)c3ccc(C(C)C)cc3)CC2)c2ccccc2n1Cc1ccc(F)cc1. The quantitative estimate of drug-likeness (QED) is 0.293. The predicted molar refractivity (Wildman–Crippen MR) is 144 cm³/mol. The van der Waals surface area contributed by atoms with Crippen LogP contribution in [0.3, 0.4) is 0 Å². The summed E-state index contributed by atoms with van der Waals surface area (Å²) in [6.07, 6.45) is 2.70. The molecule has 2 heterocycles. The van der Waals surface area contributed by atoms with Crippen LogP contribution in [0.15, 0.2) is 83.8 Å². The molecule has 186 valence electrons. The molecule has 0 saturated heterocycles. The fourth-order valence-corrected chi connectivity index (χ4v) is 6.46. The second-order valence-electron chi connectivity index (χ2n) is 9.76. The lowest BCUT2D eigenvalue weighted by atomic mass is 9.97. The standard InChI is InChI=1S/C30H31FN2O2S/c1-21(2)24-10-14-27(15-11-24)36(34,35)32-18-16-25(17-19-32)30-22(3)33(29-7-5-4-6-28(29)30)20-23-8-12-26(31)13-9-23/h4-16,21H,17-20H2,1-3H3. The van der Waals surface area contributed by atoms with E-state index >= 15 is 0 Å². The van der Waals surface area contributed by atoms with E-state index in [1.54, 1.807) is 16.4 Å². The van der Waals surface area contributed by atoms with Crippen molar-refractivity contribution in [2.45, 2.75) is 44.6 Å². The number of aromatic nitrogens is 1. The maximum absolute atomic E-state index is 13.4. The minimum Gasteiger partial charge on any atom is -0.340 e. The van der Waals surface area contributed by atoms with Gasteiger partial charge in [-0.2, -0.15) is 4.31 Å². The van der Waals surface area contributed by atoms with Crippen molar-refractivity contribution in [2.75, 3.05) is 13.1 Å². The summed E-state index contributed by atoms with van der Waals surface area (Å²) in [7, 11) is -3.55. The third-order valence-electron chi connectivity index (χ3n) is 7.16. The Bertz CT molecular complexity index is 1530. The summed E-state index contributed by atoms with van der Waals surface area (Å²) < 4.78 is 43.8. The van der Waals surface area contributed by atoms with Crippen LogP contribution in [0.1, 0.15) is 48.6 Å². The second-order valence-corrected chi connectivity index (χ2v) is 11.7. The first kappa shape index (κ1) is 24.5. The first-order valence-electron chi connectivity index (χ1n) is 12.4. The van der Waals surface area contributed by atoms with Gasteiger partial charge in [0.1, 0.15) is 5.82 Å². The van der Waals surface area contributed by atoms with Crippen LogP contribution in [-0.2, 0) is 16.6 Å². The van der Waals surface area contributed by atoms with Crippen molar-refractivity contribution in [1.29, 1.82) is 0 Å². The Morgan fingerprint density at radius 3 is 2.28 bits per heavy atom. The molecule has 0 bridgehead atoms. The molecule has 1 aliphatic rings. The third kappa shape index (κ3) is 4.51. The lowest BCUT2D eigenvalue weighted by Crippen LogP contribution is -2.34. The van der Waals surface area contributed by atoms with Gasteiger partial charge in [-0.05, 0) is 66.3 Å². The largest absolute Gasteiger partial charge is 0.340 e. The lowest BCUT2D eigenvalue weighted by molar-refractivity contribution is 0.441. The molecule has 4 aromatic rings. The first-order valence-corrected chi connectivity index (χ1v) is 13.8. The molecule has 0 spiro atoms. The highest BCUT2D eigenvalue weighted by Gasteiger charge is 2.28. The van der Waals surface area contributed by atoms with Crippen molar-refractivity contribution in [3.8, 4) is 0 Å². The normalized spacial score (nSPS) is 15.0. The molecule has 1 aliphatic heterocycles. The van der Waals surface area contributed by atoms with Gasteiger partial charge in [-0.15, -0.1) is 0 Å². The number of para-hydroxylation sites is 1. The lowest BCUT2D eigenvalue weighted by Gasteiger charge is -2.26. The van der Waals surface area contributed by atoms with E-state index in [0.717, 1.165) is 27.7 Å². The van der Waals surface area contributed by atoms with Gasteiger partial charge in [-0.25, -0.2) is 12.8 Å². The zero-order valence-electron chi connectivity index (χ0n) is 20.9. The molecule has 0 N–H and O–H groups in total. The Morgan fingerprint density at radius 2 is 1.64 bits per heavy atom. The summed E-state index contributed by atoms with van der Waals surface area (Å²) in [5, 5.41) is 1.16. The van der Waals surface area contributed by atoms with Gasteiger partial charge in [0.15, 0.2) is 0 Å². The van der Waals surface area contributed by atoms with E-state index in [-0.39, 0.29) is 5.82 Å². The predicted octanol–water partition coefficient (Wildman–Crippen LogP) is 6.74. The summed E-state index contributed by atoms with van der Waals surface area (Å²) >= 11 is 0. The first-order chi connectivity index (χ1) is 17.3. The van der Waals surface area contributed by atoms with E-state index in [2.05, 4.69) is 43.5 Å². The molecule has 0 atom stereocenters. The minimum absolute atomic E-state index is 0.240. The van der Waals surface area contributed by atoms with Crippen molar-refractivity contribution in [3.63, 3.8) is 0 Å². The summed E-state index contributed by atoms with van der Waals surface area (Å²) in [5.41, 5.74) is 6.75. The van der Waals surface area contributed by atoms with Crippen molar-refractivity contribution in [1.82, 2.24) is 8.87 Å². The molecule has 3 aromatic carbocycles. The summed E-state index contributed by atoms with van der Waals surface area (Å²) in [5.74, 6) is 0.118. The van der Waals surface area contributed by atoms with E-state index in [1.165, 1.54) is 23.3 Å². The molecule has 0 fully saturated rings. The van der Waals surface area contributed by atoms with Crippen LogP contribution in [0.2, 0.25) is 0 Å². The van der Waals surface area contributed by atoms with Crippen LogP contribution in [0.4, 0.5) is 4.39 Å². The van der Waals surface area contributed by atoms with Crippen LogP contribution >= 0.6 is 0 Å². The van der Waals surface area contributed by atoms with Crippen LogP contribution in [0.5, 0.6) is 0 Å². The Morgan fingerprint density at radius 1 is 0.944 bits per heavy atom. The number of benzene rings is 3. The smallest absolute Gasteiger partial charge is 0.243 e. The summed E-state index contributed by atoms with van der Waals surface area (Å²) in [6.45, 7) is 7.74. The zero-order chi connectivity index (χ0) is 25.4. The molecule has 5 rings (SSSR count). The van der Waals surface area contributed by atoms with Crippen LogP contribution in [0, 0.1) is 12.7 Å². The van der Waals surface area contributed by atoms with Gasteiger partial charge in [0.05, 0.1) is 4.90 Å². The highest BCUT2D eigenvalue weighted by molar-refractivity contribution is 7.89. The molecule has 0 aliphatic carbocycles. The fourth-order valence-electron chi connectivity index (χ4n) is 5.08. The van der Waals surface area contributed by atoms with Gasteiger partial charge in [0.25, 0.3) is 0 Å². The number of hydrogen-bond donors (Lipinski definition) is 0. The molecule has 0 saturated carbocycles. The number of halogens is 1. The molecule has 4 nitrogen and oxygen atoms in total. The van der Waals surface area contributed by atoms with E-state index in [9.17, 15) is 12.8 Å². The van der Waals surface area contributed by atoms with Gasteiger partial charge in [0.2, 0.25) is 10.0 Å². The Labute approximate surface area is 212 Å². The van der Waals surface area contributed by atoms with Gasteiger partial charge in [-0.1, -0.05) is 62.4 Å². The van der Waals surface area contributed by atoms with Gasteiger partial charge < -0.3 is 4.57 Å². The van der Waals surface area contributed by atoms with Gasteiger partial charge in [0, 0.05) is 41.8 Å². The summed E-state index contributed by atoms with van der Waals surface area (Å²) in [6, 6.07) is 22.2. The second kappa shape index (κ2) is 9.68. The van der Waals surface area contributed by atoms with Crippen LogP contribution < -0.4 is 0 Å². The van der Waals surface area contributed by atoms with Crippen molar-refractivity contribution < 1.29 is 12.8 Å². The Balaban J connectivity index is 1.45. The highest BCUT2D eigenvalue weighted by Crippen LogP contribution is 2.36. The topological polar surface area (TPSA) is 42.3 Å². The Hall–Kier alpha value is -3.22. The van der Waals surface area contributed by atoms with Crippen molar-refractivity contribution in [3.05, 3.63) is 107 Å². The number of fused-ring (bicyclic) bond motifs is 1. The van der Waals surface area contributed by atoms with E-state index in [1.807, 2.05) is 36.4 Å². The van der Waals surface area contributed by atoms with Crippen LogP contribution in [0.25, 0.3) is 16.5 Å². The molecule has 36 heavy (non-hydrogen) atoms. The third-order valence-corrected chi connectivity index (χ3v) is 9.04.